The van der Waals surface area contributed by atoms with Crippen LogP contribution in [0.25, 0.3) is 0 Å². The molecule has 1 aromatic rings. The molecule has 0 bridgehead atoms. The van der Waals surface area contributed by atoms with Gasteiger partial charge in [0.25, 0.3) is 0 Å². The van der Waals surface area contributed by atoms with Crippen LogP contribution in [0.3, 0.4) is 0 Å². The maximum absolute atomic E-state index is 3.75. The van der Waals surface area contributed by atoms with Gasteiger partial charge in [-0.1, -0.05) is 48.7 Å². The fourth-order valence-electron chi connectivity index (χ4n) is 2.09. The summed E-state index contributed by atoms with van der Waals surface area (Å²) in [5.41, 5.74) is 2.73. The summed E-state index contributed by atoms with van der Waals surface area (Å²) in [4.78, 5) is 0. The Morgan fingerprint density at radius 2 is 1.88 bits per heavy atom. The lowest BCUT2D eigenvalue weighted by atomic mass is 9.99. The molecule has 1 rings (SSSR count). The van der Waals surface area contributed by atoms with Crippen LogP contribution in [0.4, 0.5) is 0 Å². The lowest BCUT2D eigenvalue weighted by Crippen LogP contribution is -2.16. The maximum Gasteiger partial charge on any atom is 0.0317 e. The first-order chi connectivity index (χ1) is 8.27. The zero-order valence-corrected chi connectivity index (χ0v) is 11.2. The second kappa shape index (κ2) is 8.08. The molecule has 0 saturated heterocycles. The van der Waals surface area contributed by atoms with Crippen LogP contribution in [0.5, 0.6) is 0 Å². The average molecular weight is 231 g/mol. The van der Waals surface area contributed by atoms with Gasteiger partial charge in [0.2, 0.25) is 0 Å². The molecule has 0 radical (unpaired) electrons. The highest BCUT2D eigenvalue weighted by atomic mass is 14.9. The molecule has 0 saturated carbocycles. The summed E-state index contributed by atoms with van der Waals surface area (Å²) in [6, 6.07) is 9.36. The van der Waals surface area contributed by atoms with Crippen molar-refractivity contribution < 1.29 is 0 Å². The molecule has 0 aliphatic carbocycles. The van der Waals surface area contributed by atoms with Crippen LogP contribution in [0.15, 0.2) is 36.9 Å². The topological polar surface area (TPSA) is 12.0 Å². The molecule has 1 atom stereocenters. The molecule has 1 unspecified atom stereocenters. The van der Waals surface area contributed by atoms with Gasteiger partial charge < -0.3 is 5.32 Å². The Labute approximate surface area is 106 Å². The van der Waals surface area contributed by atoms with E-state index in [4.69, 9.17) is 0 Å². The molecule has 0 aliphatic rings. The normalized spacial score (nSPS) is 12.4. The van der Waals surface area contributed by atoms with E-state index in [2.05, 4.69) is 43.1 Å². The van der Waals surface area contributed by atoms with Crippen LogP contribution in [0, 0.1) is 6.92 Å². The standard InChI is InChI=1S/C16H25N/c1-4-5-6-7-8-9-16(17-3)15-12-10-14(2)11-13-15/h4,10-13,16-17H,1,5-9H2,2-3H3. The molecule has 0 amide bonds. The molecule has 0 heterocycles. The van der Waals surface area contributed by atoms with E-state index in [1.807, 2.05) is 13.1 Å². The van der Waals surface area contributed by atoms with E-state index in [1.165, 1.54) is 36.8 Å². The third kappa shape index (κ3) is 5.18. The summed E-state index contributed by atoms with van der Waals surface area (Å²) < 4.78 is 0. The van der Waals surface area contributed by atoms with Gasteiger partial charge in [-0.3, -0.25) is 0 Å². The van der Waals surface area contributed by atoms with Gasteiger partial charge in [0.1, 0.15) is 0 Å². The van der Waals surface area contributed by atoms with Crippen molar-refractivity contribution in [3.05, 3.63) is 48.0 Å². The van der Waals surface area contributed by atoms with Gasteiger partial charge in [0.05, 0.1) is 0 Å². The van der Waals surface area contributed by atoms with E-state index >= 15 is 0 Å². The van der Waals surface area contributed by atoms with E-state index in [-0.39, 0.29) is 0 Å². The number of benzene rings is 1. The van der Waals surface area contributed by atoms with Crippen LogP contribution in [-0.2, 0) is 0 Å². The SMILES string of the molecule is C=CCCCCCC(NC)c1ccc(C)cc1. The zero-order valence-electron chi connectivity index (χ0n) is 11.2. The predicted molar refractivity (Wildman–Crippen MR) is 76.3 cm³/mol. The highest BCUT2D eigenvalue weighted by Gasteiger charge is 2.07. The summed E-state index contributed by atoms with van der Waals surface area (Å²) in [7, 11) is 2.05. The summed E-state index contributed by atoms with van der Waals surface area (Å²) in [5.74, 6) is 0. The lowest BCUT2D eigenvalue weighted by Gasteiger charge is -2.16. The molecule has 17 heavy (non-hydrogen) atoms. The molecule has 0 fully saturated rings. The lowest BCUT2D eigenvalue weighted by molar-refractivity contribution is 0.508. The third-order valence-electron chi connectivity index (χ3n) is 3.23. The first kappa shape index (κ1) is 14.0. The second-order valence-electron chi connectivity index (χ2n) is 4.68. The molecule has 1 aromatic carbocycles. The number of unbranched alkanes of at least 4 members (excludes halogenated alkanes) is 3. The zero-order chi connectivity index (χ0) is 12.5. The van der Waals surface area contributed by atoms with Crippen molar-refractivity contribution >= 4 is 0 Å². The van der Waals surface area contributed by atoms with E-state index in [0.717, 1.165) is 6.42 Å². The van der Waals surface area contributed by atoms with E-state index in [1.54, 1.807) is 0 Å². The highest BCUT2D eigenvalue weighted by molar-refractivity contribution is 5.23. The van der Waals surface area contributed by atoms with Crippen LogP contribution < -0.4 is 5.32 Å². The molecule has 1 N–H and O–H groups in total. The molecule has 0 aliphatic heterocycles. The largest absolute Gasteiger partial charge is 0.313 e. The molecular weight excluding hydrogens is 206 g/mol. The highest BCUT2D eigenvalue weighted by Crippen LogP contribution is 2.20. The van der Waals surface area contributed by atoms with Gasteiger partial charge in [-0.05, 0) is 38.8 Å². The van der Waals surface area contributed by atoms with Crippen molar-refractivity contribution in [3.8, 4) is 0 Å². The van der Waals surface area contributed by atoms with E-state index in [9.17, 15) is 0 Å². The Bertz CT molecular complexity index is 313. The van der Waals surface area contributed by atoms with E-state index in [0.29, 0.717) is 6.04 Å². The summed E-state index contributed by atoms with van der Waals surface area (Å²) in [6.45, 7) is 5.89. The fraction of sp³-hybridized carbons (Fsp3) is 0.500. The minimum atomic E-state index is 0.499. The Morgan fingerprint density at radius 3 is 2.47 bits per heavy atom. The number of rotatable bonds is 8. The fourth-order valence-corrected chi connectivity index (χ4v) is 2.09. The second-order valence-corrected chi connectivity index (χ2v) is 4.68. The van der Waals surface area contributed by atoms with Gasteiger partial charge in [0, 0.05) is 6.04 Å². The van der Waals surface area contributed by atoms with Crippen LogP contribution in [0.2, 0.25) is 0 Å². The Morgan fingerprint density at radius 1 is 1.18 bits per heavy atom. The van der Waals surface area contributed by atoms with Crippen molar-refractivity contribution in [1.82, 2.24) is 5.32 Å². The molecule has 1 heteroatoms. The number of hydrogen-bond acceptors (Lipinski definition) is 1. The van der Waals surface area contributed by atoms with Crippen molar-refractivity contribution in [2.24, 2.45) is 0 Å². The van der Waals surface area contributed by atoms with Crippen molar-refractivity contribution in [2.45, 2.75) is 45.1 Å². The summed E-state index contributed by atoms with van der Waals surface area (Å²) in [6.07, 6.45) is 8.23. The molecule has 94 valence electrons. The van der Waals surface area contributed by atoms with Crippen LogP contribution >= 0.6 is 0 Å². The monoisotopic (exact) mass is 231 g/mol. The quantitative estimate of drug-likeness (QED) is 0.517. The van der Waals surface area contributed by atoms with Crippen molar-refractivity contribution in [3.63, 3.8) is 0 Å². The van der Waals surface area contributed by atoms with Crippen LogP contribution in [0.1, 0.15) is 49.3 Å². The Balaban J connectivity index is 2.37. The van der Waals surface area contributed by atoms with Gasteiger partial charge in [-0.15, -0.1) is 6.58 Å². The molecule has 0 aromatic heterocycles. The number of aryl methyl sites for hydroxylation is 1. The Hall–Kier alpha value is -1.08. The minimum Gasteiger partial charge on any atom is -0.313 e. The van der Waals surface area contributed by atoms with Crippen molar-refractivity contribution in [1.29, 1.82) is 0 Å². The first-order valence-corrected chi connectivity index (χ1v) is 6.62. The third-order valence-corrected chi connectivity index (χ3v) is 3.23. The van der Waals surface area contributed by atoms with Crippen molar-refractivity contribution in [2.75, 3.05) is 7.05 Å². The predicted octanol–water partition coefficient (Wildman–Crippen LogP) is 4.39. The molecular formula is C16H25N. The van der Waals surface area contributed by atoms with Crippen LogP contribution in [-0.4, -0.2) is 7.05 Å². The number of hydrogen-bond donors (Lipinski definition) is 1. The summed E-state index contributed by atoms with van der Waals surface area (Å²) in [5, 5.41) is 3.41. The minimum absolute atomic E-state index is 0.499. The number of nitrogens with one attached hydrogen (secondary N) is 1. The Kier molecular flexibility index (Phi) is 6.64. The van der Waals surface area contributed by atoms with Gasteiger partial charge >= 0.3 is 0 Å². The molecule has 0 spiro atoms. The average Bonchev–Trinajstić information content (AvgIpc) is 2.35. The summed E-state index contributed by atoms with van der Waals surface area (Å²) >= 11 is 0. The molecule has 1 nitrogen and oxygen atoms in total. The van der Waals surface area contributed by atoms with Gasteiger partial charge in [-0.25, -0.2) is 0 Å². The number of allylic oxidation sites excluding steroid dienone is 1. The maximum atomic E-state index is 3.75. The van der Waals surface area contributed by atoms with E-state index < -0.39 is 0 Å². The van der Waals surface area contributed by atoms with Gasteiger partial charge in [-0.2, -0.15) is 0 Å². The van der Waals surface area contributed by atoms with Gasteiger partial charge in [0.15, 0.2) is 0 Å². The smallest absolute Gasteiger partial charge is 0.0317 e. The first-order valence-electron chi connectivity index (χ1n) is 6.62.